The molecule has 1 N–H and O–H groups in total. The molecule has 3 heteroatoms. The number of anilines is 1. The van der Waals surface area contributed by atoms with Crippen molar-refractivity contribution >= 4 is 11.6 Å². The number of para-hydroxylation sites is 1. The van der Waals surface area contributed by atoms with Gasteiger partial charge in [-0.05, 0) is 61.4 Å². The van der Waals surface area contributed by atoms with Gasteiger partial charge in [0.15, 0.2) is 0 Å². The van der Waals surface area contributed by atoms with Crippen LogP contribution in [0.3, 0.4) is 0 Å². The molecule has 2 aromatic rings. The van der Waals surface area contributed by atoms with E-state index in [2.05, 4.69) is 30.4 Å². The van der Waals surface area contributed by atoms with Gasteiger partial charge < -0.3 is 10.2 Å². The zero-order valence-electron chi connectivity index (χ0n) is 14.6. The van der Waals surface area contributed by atoms with Gasteiger partial charge in [-0.1, -0.05) is 36.4 Å². The monoisotopic (exact) mass is 322 g/mol. The summed E-state index contributed by atoms with van der Waals surface area (Å²) in [6.45, 7) is 2.42. The maximum atomic E-state index is 12.3. The number of hydrogen-bond donors (Lipinski definition) is 1. The Morgan fingerprint density at radius 1 is 1.08 bits per heavy atom. The number of benzene rings is 2. The van der Waals surface area contributed by atoms with E-state index in [1.807, 2.05) is 42.3 Å². The van der Waals surface area contributed by atoms with Crippen molar-refractivity contribution in [2.75, 3.05) is 18.5 Å². The Hall–Kier alpha value is -2.29. The van der Waals surface area contributed by atoms with Gasteiger partial charge in [0.1, 0.15) is 0 Å². The first-order valence-electron chi connectivity index (χ1n) is 8.81. The van der Waals surface area contributed by atoms with Crippen LogP contribution in [0.5, 0.6) is 0 Å². The van der Waals surface area contributed by atoms with Gasteiger partial charge in [-0.3, -0.25) is 4.79 Å². The molecule has 0 saturated heterocycles. The molecule has 0 heterocycles. The molecule has 1 atom stereocenters. The van der Waals surface area contributed by atoms with E-state index in [9.17, 15) is 4.79 Å². The average Bonchev–Trinajstić information content (AvgIpc) is 2.61. The first-order valence-corrected chi connectivity index (χ1v) is 8.81. The molecular formula is C21H26N2O. The lowest BCUT2D eigenvalue weighted by Crippen LogP contribution is -2.36. The number of likely N-dealkylation sites (N-methyl/N-ethyl adjacent to an activating group) is 1. The number of carbonyl (C=O) groups excluding carboxylic acids is 1. The third kappa shape index (κ3) is 3.97. The van der Waals surface area contributed by atoms with Crippen molar-refractivity contribution in [1.82, 2.24) is 5.32 Å². The topological polar surface area (TPSA) is 32.3 Å². The second kappa shape index (κ2) is 7.52. The maximum absolute atomic E-state index is 12.3. The normalized spacial score (nSPS) is 14.6. The molecule has 3 nitrogen and oxygen atoms in total. The predicted octanol–water partition coefficient (Wildman–Crippen LogP) is 3.88. The van der Waals surface area contributed by atoms with Crippen LogP contribution >= 0.6 is 0 Å². The molecule has 1 amide bonds. The first kappa shape index (κ1) is 16.6. The van der Waals surface area contributed by atoms with Crippen LogP contribution in [0.1, 0.15) is 42.5 Å². The molecule has 126 valence electrons. The number of hydrogen-bond acceptors (Lipinski definition) is 2. The summed E-state index contributed by atoms with van der Waals surface area (Å²) < 4.78 is 0. The highest BCUT2D eigenvalue weighted by Gasteiger charge is 2.15. The lowest BCUT2D eigenvalue weighted by molar-refractivity contribution is -0.120. The number of fused-ring (bicyclic) bond motifs is 1. The minimum absolute atomic E-state index is 0.0360. The van der Waals surface area contributed by atoms with Crippen molar-refractivity contribution in [3.8, 4) is 0 Å². The molecule has 0 aromatic heterocycles. The average molecular weight is 322 g/mol. The zero-order valence-corrected chi connectivity index (χ0v) is 14.6. The maximum Gasteiger partial charge on any atom is 0.239 e. The second-order valence-electron chi connectivity index (χ2n) is 6.72. The van der Waals surface area contributed by atoms with Crippen molar-refractivity contribution in [1.29, 1.82) is 0 Å². The fourth-order valence-electron chi connectivity index (χ4n) is 3.38. The van der Waals surface area contributed by atoms with Gasteiger partial charge in [0.05, 0.1) is 12.6 Å². The third-order valence-corrected chi connectivity index (χ3v) is 4.83. The molecule has 0 unspecified atom stereocenters. The molecule has 0 spiro atoms. The van der Waals surface area contributed by atoms with E-state index in [0.717, 1.165) is 5.69 Å². The Morgan fingerprint density at radius 2 is 1.79 bits per heavy atom. The molecule has 0 aliphatic heterocycles. The molecule has 0 fully saturated rings. The van der Waals surface area contributed by atoms with E-state index in [1.54, 1.807) is 0 Å². The minimum Gasteiger partial charge on any atom is -0.365 e. The van der Waals surface area contributed by atoms with Crippen LogP contribution in [0.15, 0.2) is 48.5 Å². The highest BCUT2D eigenvalue weighted by atomic mass is 16.2. The number of aryl methyl sites for hydroxylation is 2. The first-order chi connectivity index (χ1) is 11.6. The number of rotatable bonds is 5. The summed E-state index contributed by atoms with van der Waals surface area (Å²) in [7, 11) is 1.94. The Balaban J connectivity index is 1.60. The summed E-state index contributed by atoms with van der Waals surface area (Å²) in [5.74, 6) is 0.0478. The largest absolute Gasteiger partial charge is 0.365 e. The van der Waals surface area contributed by atoms with E-state index in [4.69, 9.17) is 0 Å². The van der Waals surface area contributed by atoms with Gasteiger partial charge >= 0.3 is 0 Å². The van der Waals surface area contributed by atoms with E-state index in [-0.39, 0.29) is 11.9 Å². The highest BCUT2D eigenvalue weighted by molar-refractivity contribution is 5.81. The van der Waals surface area contributed by atoms with Crippen LogP contribution in [0.4, 0.5) is 5.69 Å². The third-order valence-electron chi connectivity index (χ3n) is 4.83. The van der Waals surface area contributed by atoms with Crippen LogP contribution in [-0.2, 0) is 17.6 Å². The van der Waals surface area contributed by atoms with Crippen LogP contribution in [0.2, 0.25) is 0 Å². The van der Waals surface area contributed by atoms with Crippen molar-refractivity contribution in [2.45, 2.75) is 38.6 Å². The van der Waals surface area contributed by atoms with E-state index < -0.39 is 0 Å². The SMILES string of the molecule is C[C@@H](NC(=O)CN(C)c1ccccc1)c1ccc2c(c1)CCCC2. The van der Waals surface area contributed by atoms with Crippen LogP contribution < -0.4 is 10.2 Å². The fourth-order valence-corrected chi connectivity index (χ4v) is 3.38. The quantitative estimate of drug-likeness (QED) is 0.906. The van der Waals surface area contributed by atoms with Gasteiger partial charge in [-0.15, -0.1) is 0 Å². The summed E-state index contributed by atoms with van der Waals surface area (Å²) in [6, 6.07) is 16.7. The Bertz CT molecular complexity index is 696. The smallest absolute Gasteiger partial charge is 0.239 e. The summed E-state index contributed by atoms with van der Waals surface area (Å²) in [5.41, 5.74) is 5.19. The van der Waals surface area contributed by atoms with Crippen molar-refractivity contribution < 1.29 is 4.79 Å². The van der Waals surface area contributed by atoms with Crippen LogP contribution in [0.25, 0.3) is 0 Å². The lowest BCUT2D eigenvalue weighted by atomic mass is 9.89. The molecule has 0 bridgehead atoms. The highest BCUT2D eigenvalue weighted by Crippen LogP contribution is 2.24. The van der Waals surface area contributed by atoms with Gasteiger partial charge in [0.2, 0.25) is 5.91 Å². The van der Waals surface area contributed by atoms with Gasteiger partial charge in [0, 0.05) is 12.7 Å². The number of nitrogens with zero attached hydrogens (tertiary/aromatic N) is 1. The molecule has 0 saturated carbocycles. The zero-order chi connectivity index (χ0) is 16.9. The van der Waals surface area contributed by atoms with Crippen molar-refractivity contribution in [3.05, 3.63) is 65.2 Å². The molecular weight excluding hydrogens is 296 g/mol. The van der Waals surface area contributed by atoms with Crippen molar-refractivity contribution in [2.24, 2.45) is 0 Å². The van der Waals surface area contributed by atoms with Crippen LogP contribution in [0, 0.1) is 0 Å². The molecule has 24 heavy (non-hydrogen) atoms. The van der Waals surface area contributed by atoms with Crippen molar-refractivity contribution in [3.63, 3.8) is 0 Å². The van der Waals surface area contributed by atoms with Gasteiger partial charge in [-0.25, -0.2) is 0 Å². The van der Waals surface area contributed by atoms with Crippen LogP contribution in [-0.4, -0.2) is 19.5 Å². The molecule has 3 rings (SSSR count). The minimum atomic E-state index is 0.0360. The van der Waals surface area contributed by atoms with Gasteiger partial charge in [-0.2, -0.15) is 0 Å². The predicted molar refractivity (Wildman–Crippen MR) is 99.4 cm³/mol. The van der Waals surface area contributed by atoms with E-state index in [0.29, 0.717) is 6.54 Å². The summed E-state index contributed by atoms with van der Waals surface area (Å²) in [5, 5.41) is 3.12. The molecule has 1 aliphatic carbocycles. The standard InChI is InChI=1S/C21H26N2O/c1-16(18-13-12-17-8-6-7-9-19(17)14-18)22-21(24)15-23(2)20-10-4-3-5-11-20/h3-5,10-14,16H,6-9,15H2,1-2H3,(H,22,24)/t16-/m1/s1. The van der Waals surface area contributed by atoms with E-state index >= 15 is 0 Å². The Morgan fingerprint density at radius 3 is 2.54 bits per heavy atom. The molecule has 1 aliphatic rings. The summed E-state index contributed by atoms with van der Waals surface area (Å²) >= 11 is 0. The number of amides is 1. The molecule has 0 radical (unpaired) electrons. The number of nitrogens with one attached hydrogen (secondary N) is 1. The van der Waals surface area contributed by atoms with E-state index in [1.165, 1.54) is 42.4 Å². The lowest BCUT2D eigenvalue weighted by Gasteiger charge is -2.22. The summed E-state index contributed by atoms with van der Waals surface area (Å²) in [4.78, 5) is 14.3. The van der Waals surface area contributed by atoms with Gasteiger partial charge in [0.25, 0.3) is 0 Å². The Labute approximate surface area is 144 Å². The Kier molecular flexibility index (Phi) is 5.19. The fraction of sp³-hybridized carbons (Fsp3) is 0.381. The summed E-state index contributed by atoms with van der Waals surface area (Å²) in [6.07, 6.45) is 4.93. The number of carbonyl (C=O) groups is 1. The molecule has 2 aromatic carbocycles. The second-order valence-corrected chi connectivity index (χ2v) is 6.72.